The molecule has 2 N–H and O–H groups in total. The van der Waals surface area contributed by atoms with Crippen molar-refractivity contribution in [1.29, 1.82) is 0 Å². The van der Waals surface area contributed by atoms with Crippen LogP contribution >= 0.6 is 0 Å². The van der Waals surface area contributed by atoms with Gasteiger partial charge in [-0.15, -0.1) is 0 Å². The quantitative estimate of drug-likeness (QED) is 0.776. The molecule has 6 nitrogen and oxygen atoms in total. The lowest BCUT2D eigenvalue weighted by atomic mass is 10.1. The average molecular weight is 315 g/mol. The fourth-order valence-corrected chi connectivity index (χ4v) is 4.26. The van der Waals surface area contributed by atoms with Crippen LogP contribution in [0.4, 0.5) is 0 Å². The minimum Gasteiger partial charge on any atom is -0.378 e. The van der Waals surface area contributed by atoms with Crippen molar-refractivity contribution in [2.24, 2.45) is 0 Å². The Bertz CT molecular complexity index is 566. The van der Waals surface area contributed by atoms with Gasteiger partial charge in [0.15, 0.2) is 0 Å². The third-order valence-electron chi connectivity index (χ3n) is 3.62. The van der Waals surface area contributed by atoms with Crippen LogP contribution in [0.25, 0.3) is 0 Å². The third kappa shape index (κ3) is 3.66. The van der Waals surface area contributed by atoms with E-state index in [4.69, 9.17) is 4.74 Å². The van der Waals surface area contributed by atoms with Crippen molar-refractivity contribution in [3.8, 4) is 0 Å². The van der Waals surface area contributed by atoms with Gasteiger partial charge in [0.05, 0.1) is 23.6 Å². The summed E-state index contributed by atoms with van der Waals surface area (Å²) in [6.45, 7) is 8.69. The van der Waals surface area contributed by atoms with Gasteiger partial charge >= 0.3 is 0 Å². The Kier molecular flexibility index (Phi) is 5.08. The summed E-state index contributed by atoms with van der Waals surface area (Å²) < 4.78 is 32.5. The van der Waals surface area contributed by atoms with E-state index < -0.39 is 15.6 Å². The van der Waals surface area contributed by atoms with Gasteiger partial charge in [-0.05, 0) is 32.9 Å². The topological polar surface area (TPSA) is 74.4 Å². The van der Waals surface area contributed by atoms with Gasteiger partial charge in [-0.3, -0.25) is 0 Å². The van der Waals surface area contributed by atoms with Gasteiger partial charge in [-0.1, -0.05) is 6.92 Å². The lowest BCUT2D eigenvalue weighted by Gasteiger charge is -2.40. The zero-order valence-corrected chi connectivity index (χ0v) is 13.8. The number of ether oxygens (including phenoxy) is 1. The van der Waals surface area contributed by atoms with Gasteiger partial charge in [-0.2, -0.15) is 4.31 Å². The lowest BCUT2D eigenvalue weighted by molar-refractivity contribution is -0.00770. The maximum atomic E-state index is 12.8. The number of sulfonamides is 1. The molecule has 0 bridgehead atoms. The van der Waals surface area contributed by atoms with Gasteiger partial charge in [0, 0.05) is 25.0 Å². The molecule has 7 heteroatoms. The second-order valence-electron chi connectivity index (χ2n) is 5.98. The Labute approximate surface area is 126 Å². The summed E-state index contributed by atoms with van der Waals surface area (Å²) in [5.41, 5.74) is 0.364. The summed E-state index contributed by atoms with van der Waals surface area (Å²) >= 11 is 0. The lowest BCUT2D eigenvalue weighted by Crippen LogP contribution is -2.55. The molecule has 0 saturated carbocycles. The van der Waals surface area contributed by atoms with Crippen molar-refractivity contribution >= 4 is 10.0 Å². The summed E-state index contributed by atoms with van der Waals surface area (Å²) in [5.74, 6) is 0. The van der Waals surface area contributed by atoms with E-state index >= 15 is 0 Å². The van der Waals surface area contributed by atoms with E-state index in [1.807, 2.05) is 13.8 Å². The molecule has 0 radical (unpaired) electrons. The highest BCUT2D eigenvalue weighted by Gasteiger charge is 2.40. The number of rotatable bonds is 6. The molecule has 1 aliphatic rings. The van der Waals surface area contributed by atoms with Gasteiger partial charge in [0.1, 0.15) is 0 Å². The van der Waals surface area contributed by atoms with Gasteiger partial charge in [0.2, 0.25) is 10.0 Å². The van der Waals surface area contributed by atoms with Crippen molar-refractivity contribution in [3.63, 3.8) is 0 Å². The van der Waals surface area contributed by atoms with Crippen LogP contribution in [0.15, 0.2) is 17.2 Å². The predicted molar refractivity (Wildman–Crippen MR) is 81.6 cm³/mol. The Morgan fingerprint density at radius 3 is 2.90 bits per heavy atom. The van der Waals surface area contributed by atoms with Crippen LogP contribution in [-0.2, 0) is 21.3 Å². The number of hydrogen-bond donors (Lipinski definition) is 2. The molecule has 21 heavy (non-hydrogen) atoms. The second-order valence-corrected chi connectivity index (χ2v) is 7.84. The fourth-order valence-electron chi connectivity index (χ4n) is 2.49. The first kappa shape index (κ1) is 16.5. The summed E-state index contributed by atoms with van der Waals surface area (Å²) in [7, 11) is -3.49. The molecule has 0 aromatic carbocycles. The van der Waals surface area contributed by atoms with Crippen molar-refractivity contribution in [1.82, 2.24) is 14.6 Å². The van der Waals surface area contributed by atoms with Crippen LogP contribution in [-0.4, -0.2) is 49.5 Å². The first-order chi connectivity index (χ1) is 9.88. The average Bonchev–Trinajstić information content (AvgIpc) is 2.88. The standard InChI is InChI=1S/C14H25N3O3S/c1-4-5-15-9-12-8-13(10-16-12)21(18,19)17-6-7-20-11-14(17,2)3/h8,10,15-16H,4-7,9,11H2,1-3H3. The molecular formula is C14H25N3O3S. The van der Waals surface area contributed by atoms with Gasteiger partial charge < -0.3 is 15.0 Å². The Morgan fingerprint density at radius 1 is 1.48 bits per heavy atom. The van der Waals surface area contributed by atoms with E-state index in [-0.39, 0.29) is 0 Å². The number of hydrogen-bond acceptors (Lipinski definition) is 4. The zero-order chi connectivity index (χ0) is 15.5. The monoisotopic (exact) mass is 315 g/mol. The Hall–Kier alpha value is -0.890. The van der Waals surface area contributed by atoms with E-state index in [1.54, 1.807) is 12.3 Å². The van der Waals surface area contributed by atoms with E-state index in [0.717, 1.165) is 18.7 Å². The van der Waals surface area contributed by atoms with Crippen molar-refractivity contribution in [2.45, 2.75) is 44.2 Å². The normalized spacial score (nSPS) is 19.8. The minimum atomic E-state index is -3.49. The molecule has 1 saturated heterocycles. The molecule has 0 amide bonds. The van der Waals surface area contributed by atoms with Gasteiger partial charge in [0.25, 0.3) is 0 Å². The molecule has 0 atom stereocenters. The molecule has 2 rings (SSSR count). The maximum absolute atomic E-state index is 12.8. The van der Waals surface area contributed by atoms with Crippen LogP contribution < -0.4 is 5.32 Å². The molecule has 120 valence electrons. The second kappa shape index (κ2) is 6.48. The van der Waals surface area contributed by atoms with Crippen LogP contribution in [0.2, 0.25) is 0 Å². The van der Waals surface area contributed by atoms with E-state index in [1.165, 1.54) is 4.31 Å². The Balaban J connectivity index is 2.15. The number of aromatic amines is 1. The summed E-state index contributed by atoms with van der Waals surface area (Å²) in [6.07, 6.45) is 2.62. The van der Waals surface area contributed by atoms with E-state index in [0.29, 0.717) is 31.2 Å². The molecule has 1 aromatic heterocycles. The minimum absolute atomic E-state index is 0.325. The highest BCUT2D eigenvalue weighted by atomic mass is 32.2. The molecule has 0 unspecified atom stereocenters. The third-order valence-corrected chi connectivity index (χ3v) is 5.70. The molecular weight excluding hydrogens is 290 g/mol. The van der Waals surface area contributed by atoms with Crippen LogP contribution in [0.1, 0.15) is 32.9 Å². The first-order valence-electron chi connectivity index (χ1n) is 7.36. The molecule has 1 aliphatic heterocycles. The summed E-state index contributed by atoms with van der Waals surface area (Å²) in [4.78, 5) is 3.36. The number of nitrogens with zero attached hydrogens (tertiary/aromatic N) is 1. The molecule has 2 heterocycles. The Morgan fingerprint density at radius 2 is 2.24 bits per heavy atom. The largest absolute Gasteiger partial charge is 0.378 e. The van der Waals surface area contributed by atoms with Crippen LogP contribution in [0.3, 0.4) is 0 Å². The summed E-state index contributed by atoms with van der Waals surface area (Å²) in [5, 5.41) is 3.25. The highest BCUT2D eigenvalue weighted by molar-refractivity contribution is 7.89. The molecule has 1 fully saturated rings. The summed E-state index contributed by atoms with van der Waals surface area (Å²) in [6, 6.07) is 1.71. The fraction of sp³-hybridized carbons (Fsp3) is 0.714. The van der Waals surface area contributed by atoms with Crippen molar-refractivity contribution < 1.29 is 13.2 Å². The highest BCUT2D eigenvalue weighted by Crippen LogP contribution is 2.27. The molecule has 1 aromatic rings. The predicted octanol–water partition coefficient (Wildman–Crippen LogP) is 1.31. The van der Waals surface area contributed by atoms with E-state index in [9.17, 15) is 8.42 Å². The van der Waals surface area contributed by atoms with Crippen LogP contribution in [0, 0.1) is 0 Å². The van der Waals surface area contributed by atoms with Crippen LogP contribution in [0.5, 0.6) is 0 Å². The first-order valence-corrected chi connectivity index (χ1v) is 8.80. The number of aromatic nitrogens is 1. The van der Waals surface area contributed by atoms with E-state index in [2.05, 4.69) is 17.2 Å². The number of H-pyrrole nitrogens is 1. The van der Waals surface area contributed by atoms with Crippen molar-refractivity contribution in [3.05, 3.63) is 18.0 Å². The van der Waals surface area contributed by atoms with Crippen molar-refractivity contribution in [2.75, 3.05) is 26.3 Å². The smallest absolute Gasteiger partial charge is 0.245 e. The zero-order valence-electron chi connectivity index (χ0n) is 13.0. The maximum Gasteiger partial charge on any atom is 0.245 e. The van der Waals surface area contributed by atoms with Gasteiger partial charge in [-0.25, -0.2) is 8.42 Å². The number of nitrogens with one attached hydrogen (secondary N) is 2. The number of morpholine rings is 1. The molecule has 0 spiro atoms. The SMILES string of the molecule is CCCNCc1cc(S(=O)(=O)N2CCOCC2(C)C)c[nH]1. The molecule has 0 aliphatic carbocycles.